The summed E-state index contributed by atoms with van der Waals surface area (Å²) in [5.74, 6) is 0. The van der Waals surface area contributed by atoms with Crippen LogP contribution < -0.4 is 5.73 Å². The minimum Gasteiger partial charge on any atom is -0.397 e. The normalized spacial score (nSPS) is 10.7. The fourth-order valence-corrected chi connectivity index (χ4v) is 1.93. The second kappa shape index (κ2) is 3.46. The monoisotopic (exact) mass is 205 g/mol. The van der Waals surface area contributed by atoms with Gasteiger partial charge >= 0.3 is 0 Å². The third-order valence-corrected chi connectivity index (χ3v) is 2.93. The number of aromatic nitrogens is 2. The van der Waals surface area contributed by atoms with Crippen LogP contribution in [0.2, 0.25) is 0 Å². The largest absolute Gasteiger partial charge is 0.397 e. The van der Waals surface area contributed by atoms with Crippen molar-refractivity contribution in [1.82, 2.24) is 9.97 Å². The SMILES string of the molecule is CSc1ncnc2c(N)c(C)ccc12. The molecule has 0 aliphatic carbocycles. The fraction of sp³-hybridized carbons (Fsp3) is 0.200. The first kappa shape index (κ1) is 9.27. The van der Waals surface area contributed by atoms with E-state index in [1.807, 2.05) is 25.3 Å². The van der Waals surface area contributed by atoms with E-state index >= 15 is 0 Å². The lowest BCUT2D eigenvalue weighted by molar-refractivity contribution is 1.10. The number of nitrogens with two attached hydrogens (primary N) is 1. The zero-order valence-electron chi connectivity index (χ0n) is 8.11. The maximum atomic E-state index is 5.94. The Morgan fingerprint density at radius 1 is 1.29 bits per heavy atom. The molecule has 0 aliphatic rings. The first-order chi connectivity index (χ1) is 6.74. The highest BCUT2D eigenvalue weighted by atomic mass is 32.2. The number of benzene rings is 1. The molecule has 72 valence electrons. The number of fused-ring (bicyclic) bond motifs is 1. The van der Waals surface area contributed by atoms with Crippen LogP contribution in [-0.4, -0.2) is 16.2 Å². The number of rotatable bonds is 1. The van der Waals surface area contributed by atoms with E-state index in [4.69, 9.17) is 5.73 Å². The van der Waals surface area contributed by atoms with Crippen molar-refractivity contribution < 1.29 is 0 Å². The number of nitrogen functional groups attached to an aromatic ring is 1. The molecule has 3 nitrogen and oxygen atoms in total. The first-order valence-corrected chi connectivity index (χ1v) is 5.50. The van der Waals surface area contributed by atoms with Crippen molar-refractivity contribution in [1.29, 1.82) is 0 Å². The van der Waals surface area contributed by atoms with Crippen molar-refractivity contribution in [2.24, 2.45) is 0 Å². The Labute approximate surface area is 86.7 Å². The van der Waals surface area contributed by atoms with Crippen LogP contribution in [0.5, 0.6) is 0 Å². The van der Waals surface area contributed by atoms with E-state index in [1.54, 1.807) is 18.1 Å². The van der Waals surface area contributed by atoms with Gasteiger partial charge in [0.25, 0.3) is 0 Å². The van der Waals surface area contributed by atoms with Gasteiger partial charge < -0.3 is 5.73 Å². The van der Waals surface area contributed by atoms with Crippen LogP contribution in [0.3, 0.4) is 0 Å². The van der Waals surface area contributed by atoms with E-state index in [2.05, 4.69) is 9.97 Å². The molecule has 0 bridgehead atoms. The molecule has 0 amide bonds. The summed E-state index contributed by atoms with van der Waals surface area (Å²) < 4.78 is 0. The van der Waals surface area contributed by atoms with Crippen LogP contribution in [0.1, 0.15) is 5.56 Å². The summed E-state index contributed by atoms with van der Waals surface area (Å²) in [7, 11) is 0. The molecule has 4 heteroatoms. The lowest BCUT2D eigenvalue weighted by Crippen LogP contribution is -1.95. The third kappa shape index (κ3) is 1.32. The highest BCUT2D eigenvalue weighted by molar-refractivity contribution is 7.98. The van der Waals surface area contributed by atoms with Crippen LogP contribution in [0.15, 0.2) is 23.5 Å². The Balaban J connectivity index is 2.86. The Kier molecular flexibility index (Phi) is 2.29. The van der Waals surface area contributed by atoms with Gasteiger partial charge in [0.15, 0.2) is 0 Å². The van der Waals surface area contributed by atoms with E-state index in [9.17, 15) is 0 Å². The average Bonchev–Trinajstić information content (AvgIpc) is 2.23. The predicted molar refractivity (Wildman–Crippen MR) is 60.5 cm³/mol. The second-order valence-electron chi connectivity index (χ2n) is 3.08. The smallest absolute Gasteiger partial charge is 0.117 e. The predicted octanol–water partition coefficient (Wildman–Crippen LogP) is 2.24. The molecule has 0 spiro atoms. The third-order valence-electron chi connectivity index (χ3n) is 2.22. The molecule has 2 N–H and O–H groups in total. The van der Waals surface area contributed by atoms with E-state index in [0.29, 0.717) is 0 Å². The molecule has 14 heavy (non-hydrogen) atoms. The summed E-state index contributed by atoms with van der Waals surface area (Å²) in [5.41, 5.74) is 8.60. The molecule has 0 aliphatic heterocycles. The molecule has 2 aromatic rings. The van der Waals surface area contributed by atoms with Crippen molar-refractivity contribution in [3.8, 4) is 0 Å². The highest BCUT2D eigenvalue weighted by Gasteiger charge is 2.06. The molecule has 1 aromatic carbocycles. The zero-order chi connectivity index (χ0) is 10.1. The minimum atomic E-state index is 0.750. The van der Waals surface area contributed by atoms with Gasteiger partial charge in [0.05, 0.1) is 11.2 Å². The van der Waals surface area contributed by atoms with Crippen LogP contribution in [0.25, 0.3) is 10.9 Å². The van der Waals surface area contributed by atoms with Crippen LogP contribution in [0, 0.1) is 6.92 Å². The maximum Gasteiger partial charge on any atom is 0.117 e. The van der Waals surface area contributed by atoms with Gasteiger partial charge in [-0.2, -0.15) is 0 Å². The van der Waals surface area contributed by atoms with Crippen molar-refractivity contribution in [3.05, 3.63) is 24.0 Å². The molecule has 0 fully saturated rings. The highest BCUT2D eigenvalue weighted by Crippen LogP contribution is 2.27. The van der Waals surface area contributed by atoms with Crippen molar-refractivity contribution in [2.45, 2.75) is 11.9 Å². The maximum absolute atomic E-state index is 5.94. The van der Waals surface area contributed by atoms with Gasteiger partial charge in [0.1, 0.15) is 11.4 Å². The summed E-state index contributed by atoms with van der Waals surface area (Å²) in [4.78, 5) is 8.39. The summed E-state index contributed by atoms with van der Waals surface area (Å²) in [6.45, 7) is 1.98. The molecule has 1 aromatic heterocycles. The van der Waals surface area contributed by atoms with Gasteiger partial charge in [-0.1, -0.05) is 6.07 Å². The molecule has 0 saturated carbocycles. The van der Waals surface area contributed by atoms with Gasteiger partial charge in [-0.25, -0.2) is 9.97 Å². The van der Waals surface area contributed by atoms with Gasteiger partial charge in [0, 0.05) is 5.39 Å². The fourth-order valence-electron chi connectivity index (χ4n) is 1.39. The number of thioether (sulfide) groups is 1. The second-order valence-corrected chi connectivity index (χ2v) is 3.87. The number of hydrogen-bond acceptors (Lipinski definition) is 4. The minimum absolute atomic E-state index is 0.750. The standard InChI is InChI=1S/C10H11N3S/c1-6-3-4-7-9(8(6)11)12-5-13-10(7)14-2/h3-5H,11H2,1-2H3. The molecule has 0 atom stereocenters. The van der Waals surface area contributed by atoms with Crippen molar-refractivity contribution >= 4 is 28.4 Å². The molecule has 0 saturated heterocycles. The molecular formula is C10H11N3S. The van der Waals surface area contributed by atoms with E-state index < -0.39 is 0 Å². The van der Waals surface area contributed by atoms with Crippen LogP contribution in [0.4, 0.5) is 5.69 Å². The van der Waals surface area contributed by atoms with Crippen molar-refractivity contribution in [2.75, 3.05) is 12.0 Å². The lowest BCUT2D eigenvalue weighted by Gasteiger charge is -2.06. The van der Waals surface area contributed by atoms with Gasteiger partial charge in [0.2, 0.25) is 0 Å². The van der Waals surface area contributed by atoms with Crippen molar-refractivity contribution in [3.63, 3.8) is 0 Å². The average molecular weight is 205 g/mol. The molecule has 0 unspecified atom stereocenters. The number of hydrogen-bond donors (Lipinski definition) is 1. The zero-order valence-corrected chi connectivity index (χ0v) is 8.93. The lowest BCUT2D eigenvalue weighted by atomic mass is 10.1. The van der Waals surface area contributed by atoms with Gasteiger partial charge in [-0.15, -0.1) is 11.8 Å². The van der Waals surface area contributed by atoms with Crippen LogP contribution in [-0.2, 0) is 0 Å². The Morgan fingerprint density at radius 3 is 2.79 bits per heavy atom. The summed E-state index contributed by atoms with van der Waals surface area (Å²) in [5, 5.41) is 2.00. The van der Waals surface area contributed by atoms with Crippen LogP contribution >= 0.6 is 11.8 Å². The van der Waals surface area contributed by atoms with E-state index in [-0.39, 0.29) is 0 Å². The molecule has 0 radical (unpaired) electrons. The first-order valence-electron chi connectivity index (χ1n) is 4.28. The quantitative estimate of drug-likeness (QED) is 0.440. The van der Waals surface area contributed by atoms with Gasteiger partial charge in [-0.3, -0.25) is 0 Å². The molecular weight excluding hydrogens is 194 g/mol. The van der Waals surface area contributed by atoms with E-state index in [0.717, 1.165) is 27.2 Å². The number of aryl methyl sites for hydroxylation is 1. The topological polar surface area (TPSA) is 51.8 Å². The van der Waals surface area contributed by atoms with Gasteiger partial charge in [-0.05, 0) is 24.8 Å². The Bertz CT molecular complexity index is 482. The number of anilines is 1. The molecule has 1 heterocycles. The summed E-state index contributed by atoms with van der Waals surface area (Å²) in [6, 6.07) is 4.02. The molecule has 2 rings (SSSR count). The number of nitrogens with zero attached hydrogens (tertiary/aromatic N) is 2. The summed E-state index contributed by atoms with van der Waals surface area (Å²) in [6.07, 6.45) is 3.56. The Morgan fingerprint density at radius 2 is 2.07 bits per heavy atom. The van der Waals surface area contributed by atoms with E-state index in [1.165, 1.54) is 0 Å². The Hall–Kier alpha value is -1.29. The summed E-state index contributed by atoms with van der Waals surface area (Å²) >= 11 is 1.61.